The van der Waals surface area contributed by atoms with Crippen LogP contribution in [0.2, 0.25) is 0 Å². The highest BCUT2D eigenvalue weighted by Crippen LogP contribution is 2.25. The molecule has 2 aromatic rings. The summed E-state index contributed by atoms with van der Waals surface area (Å²) < 4.78 is 7.34. The zero-order valence-corrected chi connectivity index (χ0v) is 15.1. The number of thioether (sulfide) groups is 1. The molecule has 5 nitrogen and oxygen atoms in total. The van der Waals surface area contributed by atoms with Crippen LogP contribution in [0.3, 0.4) is 0 Å². The second kappa shape index (κ2) is 7.17. The van der Waals surface area contributed by atoms with Crippen molar-refractivity contribution in [3.05, 3.63) is 29.8 Å². The Morgan fingerprint density at radius 3 is 2.65 bits per heavy atom. The fourth-order valence-corrected chi connectivity index (χ4v) is 2.95. The van der Waals surface area contributed by atoms with Crippen molar-refractivity contribution in [3.63, 3.8) is 0 Å². The average Bonchev–Trinajstić information content (AvgIpc) is 2.86. The van der Waals surface area contributed by atoms with Crippen molar-refractivity contribution in [1.29, 1.82) is 0 Å². The van der Waals surface area contributed by atoms with Gasteiger partial charge >= 0.3 is 5.97 Å². The van der Waals surface area contributed by atoms with Crippen LogP contribution < -0.4 is 0 Å². The van der Waals surface area contributed by atoms with E-state index in [0.29, 0.717) is 0 Å². The molecule has 124 valence electrons. The Hall–Kier alpha value is -1.82. The Bertz CT molecular complexity index is 689. The number of aromatic nitrogens is 3. The highest BCUT2D eigenvalue weighted by molar-refractivity contribution is 7.99. The van der Waals surface area contributed by atoms with Crippen molar-refractivity contribution in [2.45, 2.75) is 51.9 Å². The van der Waals surface area contributed by atoms with Crippen molar-refractivity contribution in [3.8, 4) is 11.4 Å². The van der Waals surface area contributed by atoms with Crippen molar-refractivity contribution >= 4 is 17.7 Å². The molecule has 0 atom stereocenters. The van der Waals surface area contributed by atoms with Gasteiger partial charge in [0, 0.05) is 12.1 Å². The SMILES string of the molecule is CCn1c(SCC(=O)OC(C)(C)C)nnc1-c1cccc(C)c1. The maximum absolute atomic E-state index is 11.9. The Balaban J connectivity index is 2.14. The predicted molar refractivity (Wildman–Crippen MR) is 92.4 cm³/mol. The number of carbonyl (C=O) groups excluding carboxylic acids is 1. The number of aryl methyl sites for hydroxylation is 1. The third-order valence-electron chi connectivity index (χ3n) is 3.05. The van der Waals surface area contributed by atoms with Crippen LogP contribution in [0.25, 0.3) is 11.4 Å². The van der Waals surface area contributed by atoms with Crippen molar-refractivity contribution in [1.82, 2.24) is 14.8 Å². The molecule has 0 aliphatic heterocycles. The lowest BCUT2D eigenvalue weighted by atomic mass is 10.1. The van der Waals surface area contributed by atoms with Crippen LogP contribution in [-0.2, 0) is 16.1 Å². The number of hydrogen-bond donors (Lipinski definition) is 0. The van der Waals surface area contributed by atoms with E-state index in [0.717, 1.165) is 23.1 Å². The van der Waals surface area contributed by atoms with Crippen molar-refractivity contribution < 1.29 is 9.53 Å². The molecule has 1 heterocycles. The summed E-state index contributed by atoms with van der Waals surface area (Å²) >= 11 is 1.35. The largest absolute Gasteiger partial charge is 0.459 e. The number of esters is 1. The Labute approximate surface area is 141 Å². The summed E-state index contributed by atoms with van der Waals surface area (Å²) in [5.41, 5.74) is 1.74. The molecule has 0 aliphatic rings. The molecular weight excluding hydrogens is 310 g/mol. The van der Waals surface area contributed by atoms with Crippen molar-refractivity contribution in [2.75, 3.05) is 5.75 Å². The van der Waals surface area contributed by atoms with E-state index < -0.39 is 5.60 Å². The fourth-order valence-electron chi connectivity index (χ4n) is 2.17. The summed E-state index contributed by atoms with van der Waals surface area (Å²) in [6.45, 7) is 10.4. The molecule has 0 saturated carbocycles. The van der Waals surface area contributed by atoms with Crippen LogP contribution in [0.1, 0.15) is 33.3 Å². The van der Waals surface area contributed by atoms with Gasteiger partial charge in [0.05, 0.1) is 5.75 Å². The Kier molecular flexibility index (Phi) is 5.46. The van der Waals surface area contributed by atoms with Crippen LogP contribution in [0, 0.1) is 6.92 Å². The van der Waals surface area contributed by atoms with Crippen LogP contribution in [-0.4, -0.2) is 32.1 Å². The van der Waals surface area contributed by atoms with Gasteiger partial charge in [-0.2, -0.15) is 0 Å². The molecule has 1 aromatic heterocycles. The molecule has 0 saturated heterocycles. The normalized spacial score (nSPS) is 11.5. The topological polar surface area (TPSA) is 57.0 Å². The molecule has 0 radical (unpaired) electrons. The third kappa shape index (κ3) is 4.82. The lowest BCUT2D eigenvalue weighted by Crippen LogP contribution is -2.25. The van der Waals surface area contributed by atoms with E-state index in [4.69, 9.17) is 4.74 Å². The van der Waals surface area contributed by atoms with Crippen LogP contribution in [0.4, 0.5) is 0 Å². The first-order valence-corrected chi connectivity index (χ1v) is 8.63. The van der Waals surface area contributed by atoms with Gasteiger partial charge in [0.1, 0.15) is 5.60 Å². The summed E-state index contributed by atoms with van der Waals surface area (Å²) in [5.74, 6) is 0.802. The van der Waals surface area contributed by atoms with Gasteiger partial charge in [0.2, 0.25) is 0 Å². The minimum atomic E-state index is -0.469. The maximum atomic E-state index is 11.9. The standard InChI is InChI=1S/C17H23N3O2S/c1-6-20-15(13-9-7-8-12(2)10-13)18-19-16(20)23-11-14(21)22-17(3,4)5/h7-10H,6,11H2,1-5H3. The van der Waals surface area contributed by atoms with Gasteiger partial charge in [0.15, 0.2) is 11.0 Å². The number of carbonyl (C=O) groups is 1. The zero-order chi connectivity index (χ0) is 17.0. The Morgan fingerprint density at radius 1 is 1.30 bits per heavy atom. The maximum Gasteiger partial charge on any atom is 0.316 e. The summed E-state index contributed by atoms with van der Waals surface area (Å²) in [6, 6.07) is 8.16. The molecule has 0 fully saturated rings. The summed E-state index contributed by atoms with van der Waals surface area (Å²) in [5, 5.41) is 9.25. The molecule has 0 aliphatic carbocycles. The smallest absolute Gasteiger partial charge is 0.316 e. The molecule has 0 spiro atoms. The highest BCUT2D eigenvalue weighted by Gasteiger charge is 2.19. The van der Waals surface area contributed by atoms with E-state index in [1.54, 1.807) is 0 Å². The molecule has 0 unspecified atom stereocenters. The minimum Gasteiger partial charge on any atom is -0.459 e. The van der Waals surface area contributed by atoms with Gasteiger partial charge in [-0.15, -0.1) is 10.2 Å². The fraction of sp³-hybridized carbons (Fsp3) is 0.471. The number of ether oxygens (including phenoxy) is 1. The quantitative estimate of drug-likeness (QED) is 0.617. The second-order valence-electron chi connectivity index (χ2n) is 6.30. The summed E-state index contributed by atoms with van der Waals surface area (Å²) in [6.07, 6.45) is 0. The van der Waals surface area contributed by atoms with E-state index in [2.05, 4.69) is 16.3 Å². The number of rotatable bonds is 5. The summed E-state index contributed by atoms with van der Waals surface area (Å²) in [7, 11) is 0. The molecule has 1 aromatic carbocycles. The molecule has 23 heavy (non-hydrogen) atoms. The molecule has 0 bridgehead atoms. The molecule has 6 heteroatoms. The first kappa shape index (κ1) is 17.5. The van der Waals surface area contributed by atoms with Gasteiger partial charge in [-0.3, -0.25) is 4.79 Å². The minimum absolute atomic E-state index is 0.225. The first-order valence-electron chi connectivity index (χ1n) is 7.65. The zero-order valence-electron chi connectivity index (χ0n) is 14.3. The van der Waals surface area contributed by atoms with Crippen molar-refractivity contribution in [2.24, 2.45) is 0 Å². The lowest BCUT2D eigenvalue weighted by molar-refractivity contribution is -0.151. The van der Waals surface area contributed by atoms with Gasteiger partial charge in [-0.05, 0) is 40.7 Å². The van der Waals surface area contributed by atoms with E-state index in [-0.39, 0.29) is 11.7 Å². The second-order valence-corrected chi connectivity index (χ2v) is 7.24. The van der Waals surface area contributed by atoms with E-state index in [1.165, 1.54) is 17.3 Å². The van der Waals surface area contributed by atoms with Crippen LogP contribution >= 0.6 is 11.8 Å². The average molecular weight is 333 g/mol. The molecular formula is C17H23N3O2S. The number of benzene rings is 1. The predicted octanol–water partition coefficient (Wildman–Crippen LogP) is 3.71. The van der Waals surface area contributed by atoms with Gasteiger partial charge in [0.25, 0.3) is 0 Å². The summed E-state index contributed by atoms with van der Waals surface area (Å²) in [4.78, 5) is 11.9. The molecule has 0 N–H and O–H groups in total. The number of hydrogen-bond acceptors (Lipinski definition) is 5. The number of nitrogens with zero attached hydrogens (tertiary/aromatic N) is 3. The lowest BCUT2D eigenvalue weighted by Gasteiger charge is -2.19. The Morgan fingerprint density at radius 2 is 2.04 bits per heavy atom. The van der Waals surface area contributed by atoms with Gasteiger partial charge in [-0.1, -0.05) is 35.5 Å². The van der Waals surface area contributed by atoms with Crippen LogP contribution in [0.15, 0.2) is 29.4 Å². The van der Waals surface area contributed by atoms with E-state index >= 15 is 0 Å². The van der Waals surface area contributed by atoms with E-state index in [9.17, 15) is 4.79 Å². The van der Waals surface area contributed by atoms with Gasteiger partial charge in [-0.25, -0.2) is 0 Å². The van der Waals surface area contributed by atoms with E-state index in [1.807, 2.05) is 57.4 Å². The van der Waals surface area contributed by atoms with Crippen LogP contribution in [0.5, 0.6) is 0 Å². The molecule has 2 rings (SSSR count). The third-order valence-corrected chi connectivity index (χ3v) is 3.99. The first-order chi connectivity index (χ1) is 10.8. The monoisotopic (exact) mass is 333 g/mol. The molecule has 0 amide bonds. The van der Waals surface area contributed by atoms with Gasteiger partial charge < -0.3 is 9.30 Å². The highest BCUT2D eigenvalue weighted by atomic mass is 32.2.